The van der Waals surface area contributed by atoms with Crippen LogP contribution in [0.3, 0.4) is 0 Å². The Morgan fingerprint density at radius 1 is 0.692 bits per heavy atom. The van der Waals surface area contributed by atoms with E-state index in [1.54, 1.807) is 24.3 Å². The lowest BCUT2D eigenvalue weighted by Crippen LogP contribution is -2.00. The largest absolute Gasteiger partial charge is 0.489 e. The van der Waals surface area contributed by atoms with Crippen molar-refractivity contribution in [2.75, 3.05) is 5.32 Å². The molecule has 0 aliphatic rings. The van der Waals surface area contributed by atoms with Gasteiger partial charge in [0.15, 0.2) is 0 Å². The molecule has 3 aromatic rings. The molecule has 3 rings (SSSR count). The smallest absolute Gasteiger partial charge is 0.119 e. The summed E-state index contributed by atoms with van der Waals surface area (Å²) in [5, 5.41) is 5.56. The van der Waals surface area contributed by atoms with Crippen molar-refractivity contribution in [3.8, 4) is 5.75 Å². The van der Waals surface area contributed by atoms with Crippen LogP contribution in [0.1, 0.15) is 11.1 Å². The van der Waals surface area contributed by atoms with Gasteiger partial charge in [-0.05, 0) is 53.6 Å². The van der Waals surface area contributed by atoms with Crippen LogP contribution in [-0.2, 0) is 13.2 Å². The number of ether oxygens (including phenoxy) is 1. The van der Waals surface area contributed by atoms with Gasteiger partial charge in [0, 0.05) is 11.6 Å². The molecule has 6 heteroatoms. The lowest BCUT2D eigenvalue weighted by molar-refractivity contribution is 0.306. The van der Waals surface area contributed by atoms with Gasteiger partial charge < -0.3 is 10.1 Å². The lowest BCUT2D eigenvalue weighted by Gasteiger charge is -2.10. The first-order chi connectivity index (χ1) is 12.5. The predicted molar refractivity (Wildman–Crippen MR) is 111 cm³/mol. The third-order valence-corrected chi connectivity index (χ3v) is 5.01. The summed E-state index contributed by atoms with van der Waals surface area (Å²) in [6.07, 6.45) is 0. The minimum Gasteiger partial charge on any atom is -0.489 e. The summed E-state index contributed by atoms with van der Waals surface area (Å²) in [5.41, 5.74) is 2.91. The molecule has 0 heterocycles. The number of anilines is 1. The summed E-state index contributed by atoms with van der Waals surface area (Å²) in [7, 11) is 0. The monoisotopic (exact) mass is 425 g/mol. The molecule has 0 aromatic heterocycles. The first-order valence-electron chi connectivity index (χ1n) is 7.86. The van der Waals surface area contributed by atoms with Gasteiger partial charge in [-0.15, -0.1) is 0 Å². The number of hydrogen-bond acceptors (Lipinski definition) is 2. The van der Waals surface area contributed by atoms with Crippen LogP contribution >= 0.6 is 46.4 Å². The van der Waals surface area contributed by atoms with Gasteiger partial charge in [-0.3, -0.25) is 0 Å². The molecule has 2 nitrogen and oxygen atoms in total. The zero-order valence-electron chi connectivity index (χ0n) is 13.6. The van der Waals surface area contributed by atoms with E-state index in [0.717, 1.165) is 22.6 Å². The van der Waals surface area contributed by atoms with E-state index in [4.69, 9.17) is 51.1 Å². The van der Waals surface area contributed by atoms with Crippen molar-refractivity contribution in [2.45, 2.75) is 13.2 Å². The lowest BCUT2D eigenvalue weighted by atomic mass is 10.2. The molecule has 0 atom stereocenters. The predicted octanol–water partition coefficient (Wildman–Crippen LogP) is 7.49. The van der Waals surface area contributed by atoms with E-state index in [1.807, 2.05) is 36.4 Å². The highest BCUT2D eigenvalue weighted by Crippen LogP contribution is 2.26. The van der Waals surface area contributed by atoms with Crippen molar-refractivity contribution in [3.05, 3.63) is 91.9 Å². The van der Waals surface area contributed by atoms with Crippen LogP contribution in [0.2, 0.25) is 20.1 Å². The maximum atomic E-state index is 6.16. The third-order valence-electron chi connectivity index (χ3n) is 3.73. The highest BCUT2D eigenvalue weighted by molar-refractivity contribution is 6.42. The van der Waals surface area contributed by atoms with Gasteiger partial charge >= 0.3 is 0 Å². The molecule has 0 amide bonds. The Hall–Kier alpha value is -1.58. The second-order valence-electron chi connectivity index (χ2n) is 5.66. The molecule has 0 saturated heterocycles. The minimum absolute atomic E-state index is 0.425. The van der Waals surface area contributed by atoms with Gasteiger partial charge in [-0.2, -0.15) is 0 Å². The number of nitrogens with one attached hydrogen (secondary N) is 1. The molecule has 0 fully saturated rings. The molecular weight excluding hydrogens is 412 g/mol. The zero-order chi connectivity index (χ0) is 18.5. The quantitative estimate of drug-likeness (QED) is 0.440. The van der Waals surface area contributed by atoms with Crippen molar-refractivity contribution in [1.29, 1.82) is 0 Å². The zero-order valence-corrected chi connectivity index (χ0v) is 16.6. The van der Waals surface area contributed by atoms with Crippen LogP contribution in [0.4, 0.5) is 5.69 Å². The Bertz CT molecular complexity index is 897. The SMILES string of the molecule is Clc1ccc(NCc2ccc(OCc3ccc(Cl)c(Cl)c3)cc2)c(Cl)c1. The van der Waals surface area contributed by atoms with Crippen molar-refractivity contribution in [2.24, 2.45) is 0 Å². The van der Waals surface area contributed by atoms with Gasteiger partial charge in [0.25, 0.3) is 0 Å². The van der Waals surface area contributed by atoms with Crippen LogP contribution in [0.25, 0.3) is 0 Å². The fourth-order valence-corrected chi connectivity index (χ4v) is 3.13. The van der Waals surface area contributed by atoms with Crippen molar-refractivity contribution < 1.29 is 4.74 Å². The standard InChI is InChI=1S/C20H15Cl4NO/c21-15-4-8-20(19(24)10-15)25-11-13-1-5-16(6-2-13)26-12-14-3-7-17(22)18(23)9-14/h1-10,25H,11-12H2. The Morgan fingerprint density at radius 2 is 1.42 bits per heavy atom. The van der Waals surface area contributed by atoms with Gasteiger partial charge in [-0.1, -0.05) is 64.6 Å². The molecule has 134 valence electrons. The maximum Gasteiger partial charge on any atom is 0.119 e. The summed E-state index contributed by atoms with van der Waals surface area (Å²) < 4.78 is 5.78. The molecule has 0 aliphatic carbocycles. The number of halogens is 4. The van der Waals surface area contributed by atoms with Crippen molar-refractivity contribution in [3.63, 3.8) is 0 Å². The Kier molecular flexibility index (Phi) is 6.55. The van der Waals surface area contributed by atoms with E-state index in [-0.39, 0.29) is 0 Å². The molecule has 0 bridgehead atoms. The van der Waals surface area contributed by atoms with E-state index in [2.05, 4.69) is 5.32 Å². The van der Waals surface area contributed by atoms with E-state index in [0.29, 0.717) is 33.2 Å². The maximum absolute atomic E-state index is 6.16. The third kappa shape index (κ3) is 5.21. The molecule has 1 N–H and O–H groups in total. The fourth-order valence-electron chi connectivity index (χ4n) is 2.33. The van der Waals surface area contributed by atoms with Crippen LogP contribution in [-0.4, -0.2) is 0 Å². The Morgan fingerprint density at radius 3 is 2.12 bits per heavy atom. The highest BCUT2D eigenvalue weighted by atomic mass is 35.5. The van der Waals surface area contributed by atoms with Crippen LogP contribution in [0.15, 0.2) is 60.7 Å². The Labute approximate surface area is 172 Å². The van der Waals surface area contributed by atoms with Gasteiger partial charge in [0.1, 0.15) is 12.4 Å². The van der Waals surface area contributed by atoms with Crippen LogP contribution in [0.5, 0.6) is 5.75 Å². The molecule has 26 heavy (non-hydrogen) atoms. The number of rotatable bonds is 6. The highest BCUT2D eigenvalue weighted by Gasteiger charge is 2.03. The summed E-state index contributed by atoms with van der Waals surface area (Å²) in [6.45, 7) is 1.07. The van der Waals surface area contributed by atoms with E-state index in [1.165, 1.54) is 0 Å². The molecule has 3 aromatic carbocycles. The second-order valence-corrected chi connectivity index (χ2v) is 7.32. The van der Waals surface area contributed by atoms with Crippen LogP contribution in [0, 0.1) is 0 Å². The van der Waals surface area contributed by atoms with E-state index >= 15 is 0 Å². The average molecular weight is 427 g/mol. The molecule has 0 spiro atoms. The van der Waals surface area contributed by atoms with E-state index < -0.39 is 0 Å². The summed E-state index contributed by atoms with van der Waals surface area (Å²) in [5.74, 6) is 0.782. The van der Waals surface area contributed by atoms with Crippen molar-refractivity contribution in [1.82, 2.24) is 0 Å². The summed E-state index contributed by atoms with van der Waals surface area (Å²) in [4.78, 5) is 0. The fraction of sp³-hybridized carbons (Fsp3) is 0.100. The minimum atomic E-state index is 0.425. The number of benzene rings is 3. The average Bonchev–Trinajstić information content (AvgIpc) is 2.63. The van der Waals surface area contributed by atoms with E-state index in [9.17, 15) is 0 Å². The first-order valence-corrected chi connectivity index (χ1v) is 9.37. The summed E-state index contributed by atoms with van der Waals surface area (Å²) in [6, 6.07) is 18.7. The molecule has 0 radical (unpaired) electrons. The first kappa shape index (κ1) is 19.2. The molecule has 0 saturated carbocycles. The normalized spacial score (nSPS) is 10.6. The number of hydrogen-bond donors (Lipinski definition) is 1. The summed E-state index contributed by atoms with van der Waals surface area (Å²) >= 11 is 24.0. The van der Waals surface area contributed by atoms with Crippen LogP contribution < -0.4 is 10.1 Å². The molecular formula is C20H15Cl4NO. The molecule has 0 unspecified atom stereocenters. The van der Waals surface area contributed by atoms with Gasteiger partial charge in [0.05, 0.1) is 20.8 Å². The van der Waals surface area contributed by atoms with Crippen molar-refractivity contribution >= 4 is 52.1 Å². The van der Waals surface area contributed by atoms with Gasteiger partial charge in [-0.25, -0.2) is 0 Å². The second kappa shape index (κ2) is 8.88. The van der Waals surface area contributed by atoms with Gasteiger partial charge in [0.2, 0.25) is 0 Å². The Balaban J connectivity index is 1.55. The molecule has 0 aliphatic heterocycles. The topological polar surface area (TPSA) is 21.3 Å².